The Morgan fingerprint density at radius 1 is 0.976 bits per heavy atom. The summed E-state index contributed by atoms with van der Waals surface area (Å²) in [5.41, 5.74) is 6.41. The van der Waals surface area contributed by atoms with Crippen LogP contribution in [0.5, 0.6) is 5.75 Å². The summed E-state index contributed by atoms with van der Waals surface area (Å²) in [6.07, 6.45) is 3.43. The van der Waals surface area contributed by atoms with E-state index >= 15 is 0 Å². The van der Waals surface area contributed by atoms with Crippen LogP contribution in [-0.2, 0) is 22.6 Å². The molecule has 7 nitrogen and oxygen atoms in total. The number of benzene rings is 3. The topological polar surface area (TPSA) is 58.2 Å². The molecule has 2 N–H and O–H groups in total. The number of ether oxygens (including phenoxy) is 3. The maximum atomic E-state index is 6.59. The van der Waals surface area contributed by atoms with Gasteiger partial charge in [0.1, 0.15) is 12.4 Å². The SMILES string of the molecule is COCCCN1CCOc2ccc(CO[C@H]3CNCC[C@@H]3c3ccc(CN[C@@H]4CCN(c5ccccc5)C4)cc3)cc21. The highest BCUT2D eigenvalue weighted by molar-refractivity contribution is 5.61. The van der Waals surface area contributed by atoms with E-state index in [1.54, 1.807) is 7.11 Å². The first-order chi connectivity index (χ1) is 20.8. The first kappa shape index (κ1) is 29.0. The Balaban J connectivity index is 1.02. The Morgan fingerprint density at radius 3 is 2.69 bits per heavy atom. The molecule has 0 amide bonds. The summed E-state index contributed by atoms with van der Waals surface area (Å²) in [6.45, 7) is 8.99. The highest BCUT2D eigenvalue weighted by atomic mass is 16.5. The first-order valence-electron chi connectivity index (χ1n) is 15.7. The van der Waals surface area contributed by atoms with Gasteiger partial charge in [-0.1, -0.05) is 48.5 Å². The lowest BCUT2D eigenvalue weighted by Crippen LogP contribution is -2.41. The molecule has 0 saturated carbocycles. The van der Waals surface area contributed by atoms with Gasteiger partial charge in [-0.25, -0.2) is 0 Å². The number of piperidine rings is 1. The van der Waals surface area contributed by atoms with Crippen molar-refractivity contribution >= 4 is 11.4 Å². The van der Waals surface area contributed by atoms with Crippen molar-refractivity contribution < 1.29 is 14.2 Å². The van der Waals surface area contributed by atoms with Crippen molar-refractivity contribution in [1.82, 2.24) is 10.6 Å². The monoisotopic (exact) mass is 570 g/mol. The average molecular weight is 571 g/mol. The third-order valence-corrected chi connectivity index (χ3v) is 8.96. The van der Waals surface area contributed by atoms with Crippen LogP contribution in [0, 0.1) is 0 Å². The number of hydrogen-bond acceptors (Lipinski definition) is 7. The van der Waals surface area contributed by atoms with E-state index in [0.29, 0.717) is 18.6 Å². The van der Waals surface area contributed by atoms with Crippen LogP contribution in [0.4, 0.5) is 11.4 Å². The minimum Gasteiger partial charge on any atom is -0.490 e. The Kier molecular flexibility index (Phi) is 9.93. The molecule has 0 radical (unpaired) electrons. The number of para-hydroxylation sites is 1. The smallest absolute Gasteiger partial charge is 0.142 e. The van der Waals surface area contributed by atoms with Crippen molar-refractivity contribution in [3.8, 4) is 5.75 Å². The van der Waals surface area contributed by atoms with E-state index in [1.807, 2.05) is 0 Å². The predicted octanol–water partition coefficient (Wildman–Crippen LogP) is 4.95. The van der Waals surface area contributed by atoms with Gasteiger partial charge in [0, 0.05) is 64.1 Å². The van der Waals surface area contributed by atoms with Gasteiger partial charge in [0.25, 0.3) is 0 Å². The van der Waals surface area contributed by atoms with E-state index < -0.39 is 0 Å². The molecule has 0 spiro atoms. The normalized spacial score (nSPS) is 22.2. The number of methoxy groups -OCH3 is 1. The fraction of sp³-hybridized carbons (Fsp3) is 0.486. The number of nitrogens with one attached hydrogen (secondary N) is 2. The van der Waals surface area contributed by atoms with Crippen molar-refractivity contribution in [2.24, 2.45) is 0 Å². The zero-order valence-corrected chi connectivity index (χ0v) is 25.0. The average Bonchev–Trinajstić information content (AvgIpc) is 3.53. The highest BCUT2D eigenvalue weighted by Crippen LogP contribution is 2.34. The number of anilines is 2. The zero-order chi connectivity index (χ0) is 28.6. The molecule has 3 heterocycles. The van der Waals surface area contributed by atoms with Gasteiger partial charge >= 0.3 is 0 Å². The molecule has 2 fully saturated rings. The van der Waals surface area contributed by atoms with Gasteiger partial charge in [0.15, 0.2) is 0 Å². The molecule has 7 heteroatoms. The van der Waals surface area contributed by atoms with Gasteiger partial charge in [0.2, 0.25) is 0 Å². The largest absolute Gasteiger partial charge is 0.490 e. The minimum atomic E-state index is 0.148. The second kappa shape index (κ2) is 14.4. The molecule has 0 bridgehead atoms. The maximum absolute atomic E-state index is 6.59. The van der Waals surface area contributed by atoms with E-state index in [1.165, 1.54) is 34.5 Å². The van der Waals surface area contributed by atoms with E-state index in [0.717, 1.165) is 77.6 Å². The lowest BCUT2D eigenvalue weighted by Gasteiger charge is -2.33. The molecule has 42 heavy (non-hydrogen) atoms. The van der Waals surface area contributed by atoms with Crippen molar-refractivity contribution in [2.45, 2.75) is 50.5 Å². The van der Waals surface area contributed by atoms with Crippen molar-refractivity contribution in [3.05, 3.63) is 89.5 Å². The second-order valence-corrected chi connectivity index (χ2v) is 11.8. The minimum absolute atomic E-state index is 0.148. The standard InChI is InChI=1S/C35H46N4O3/c1-40-20-5-17-38-19-21-41-34-13-10-28(22-33(34)38)26-42-35-24-36-16-14-32(35)29-11-8-27(9-12-29)23-37-30-15-18-39(25-30)31-6-3-2-4-7-31/h2-4,6-13,22,30,32,35-37H,5,14-21,23-26H2,1H3/t30-,32-,35+/m1/s1. The molecular weight excluding hydrogens is 524 g/mol. The summed E-state index contributed by atoms with van der Waals surface area (Å²) >= 11 is 0. The molecule has 3 atom stereocenters. The molecule has 3 aliphatic rings. The van der Waals surface area contributed by atoms with Crippen LogP contribution in [0.15, 0.2) is 72.8 Å². The van der Waals surface area contributed by atoms with Crippen molar-refractivity contribution in [1.29, 1.82) is 0 Å². The van der Waals surface area contributed by atoms with E-state index in [4.69, 9.17) is 14.2 Å². The molecule has 3 aliphatic heterocycles. The summed E-state index contributed by atoms with van der Waals surface area (Å²) in [4.78, 5) is 4.89. The molecular formula is C35H46N4O3. The second-order valence-electron chi connectivity index (χ2n) is 11.8. The number of fused-ring (bicyclic) bond motifs is 1. The lowest BCUT2D eigenvalue weighted by atomic mass is 9.87. The number of nitrogens with zero attached hydrogens (tertiary/aromatic N) is 2. The fourth-order valence-corrected chi connectivity index (χ4v) is 6.57. The van der Waals surface area contributed by atoms with Crippen molar-refractivity contribution in [3.63, 3.8) is 0 Å². The maximum Gasteiger partial charge on any atom is 0.142 e. The Morgan fingerprint density at radius 2 is 1.83 bits per heavy atom. The molecule has 224 valence electrons. The van der Waals surface area contributed by atoms with E-state index in [9.17, 15) is 0 Å². The van der Waals surface area contributed by atoms with Crippen LogP contribution in [0.2, 0.25) is 0 Å². The molecule has 3 aromatic rings. The van der Waals surface area contributed by atoms with Crippen LogP contribution < -0.4 is 25.2 Å². The summed E-state index contributed by atoms with van der Waals surface area (Å²) in [7, 11) is 1.76. The van der Waals surface area contributed by atoms with Gasteiger partial charge in [-0.3, -0.25) is 0 Å². The summed E-state index contributed by atoms with van der Waals surface area (Å²) in [6, 6.07) is 27.0. The van der Waals surface area contributed by atoms with Crippen LogP contribution >= 0.6 is 0 Å². The van der Waals surface area contributed by atoms with E-state index in [2.05, 4.69) is 93.2 Å². The van der Waals surface area contributed by atoms with Gasteiger partial charge in [-0.05, 0) is 66.8 Å². The van der Waals surface area contributed by atoms with Gasteiger partial charge in [0.05, 0.1) is 24.9 Å². The van der Waals surface area contributed by atoms with Crippen LogP contribution in [0.3, 0.4) is 0 Å². The summed E-state index contributed by atoms with van der Waals surface area (Å²) in [5.74, 6) is 1.37. The number of rotatable bonds is 12. The van der Waals surface area contributed by atoms with Gasteiger partial charge < -0.3 is 34.6 Å². The zero-order valence-electron chi connectivity index (χ0n) is 25.0. The third kappa shape index (κ3) is 7.27. The first-order valence-corrected chi connectivity index (χ1v) is 15.7. The Hall–Kier alpha value is -3.10. The molecule has 2 saturated heterocycles. The third-order valence-electron chi connectivity index (χ3n) is 8.96. The molecule has 0 unspecified atom stereocenters. The number of hydrogen-bond donors (Lipinski definition) is 2. The quantitative estimate of drug-likeness (QED) is 0.299. The fourth-order valence-electron chi connectivity index (χ4n) is 6.57. The molecule has 3 aromatic carbocycles. The van der Waals surface area contributed by atoms with E-state index in [-0.39, 0.29) is 6.10 Å². The van der Waals surface area contributed by atoms with Gasteiger partial charge in [-0.15, -0.1) is 0 Å². The van der Waals surface area contributed by atoms with Crippen LogP contribution in [-0.4, -0.2) is 71.7 Å². The van der Waals surface area contributed by atoms with Crippen LogP contribution in [0.25, 0.3) is 0 Å². The molecule has 0 aliphatic carbocycles. The van der Waals surface area contributed by atoms with Crippen molar-refractivity contribution in [2.75, 3.05) is 69.4 Å². The Labute approximate surface area is 251 Å². The molecule has 0 aromatic heterocycles. The predicted molar refractivity (Wildman–Crippen MR) is 170 cm³/mol. The highest BCUT2D eigenvalue weighted by Gasteiger charge is 2.28. The molecule has 6 rings (SSSR count). The lowest BCUT2D eigenvalue weighted by molar-refractivity contribution is 0.0106. The van der Waals surface area contributed by atoms with Gasteiger partial charge in [-0.2, -0.15) is 0 Å². The summed E-state index contributed by atoms with van der Waals surface area (Å²) < 4.78 is 17.8. The van der Waals surface area contributed by atoms with Crippen LogP contribution in [0.1, 0.15) is 41.9 Å². The summed E-state index contributed by atoms with van der Waals surface area (Å²) in [5, 5.41) is 7.34. The Bertz CT molecular complexity index is 1250.